The SMILES string of the molecule is CCn1cc(Oc2nc3sccn3c2CBr)cn1. The molecule has 7 heteroatoms. The van der Waals surface area contributed by atoms with Gasteiger partial charge in [0.2, 0.25) is 5.88 Å². The van der Waals surface area contributed by atoms with Crippen LogP contribution < -0.4 is 4.74 Å². The van der Waals surface area contributed by atoms with Crippen molar-refractivity contribution in [1.82, 2.24) is 19.2 Å². The number of alkyl halides is 1. The first-order chi connectivity index (χ1) is 8.81. The van der Waals surface area contributed by atoms with Gasteiger partial charge >= 0.3 is 0 Å². The van der Waals surface area contributed by atoms with E-state index >= 15 is 0 Å². The highest BCUT2D eigenvalue weighted by atomic mass is 79.9. The van der Waals surface area contributed by atoms with Crippen LogP contribution in [0.4, 0.5) is 0 Å². The normalized spacial score (nSPS) is 11.2. The van der Waals surface area contributed by atoms with Crippen LogP contribution in [0.25, 0.3) is 4.96 Å². The Balaban J connectivity index is 1.96. The molecule has 0 aliphatic carbocycles. The first kappa shape index (κ1) is 11.7. The van der Waals surface area contributed by atoms with Crippen LogP contribution in [0.2, 0.25) is 0 Å². The molecule has 0 N–H and O–H groups in total. The molecule has 0 amide bonds. The molecule has 0 radical (unpaired) electrons. The third-order valence-corrected chi connectivity index (χ3v) is 3.89. The van der Waals surface area contributed by atoms with E-state index in [4.69, 9.17) is 4.74 Å². The van der Waals surface area contributed by atoms with Gasteiger partial charge in [-0.15, -0.1) is 11.3 Å². The lowest BCUT2D eigenvalue weighted by Crippen LogP contribution is -1.92. The molecule has 94 valence electrons. The Morgan fingerprint density at radius 3 is 3.11 bits per heavy atom. The van der Waals surface area contributed by atoms with Gasteiger partial charge < -0.3 is 4.74 Å². The number of hydrogen-bond donors (Lipinski definition) is 0. The zero-order valence-electron chi connectivity index (χ0n) is 9.71. The molecule has 0 spiro atoms. The predicted octanol–water partition coefficient (Wildman–Crippen LogP) is 3.30. The number of rotatable bonds is 4. The topological polar surface area (TPSA) is 44.4 Å². The van der Waals surface area contributed by atoms with Crippen LogP contribution in [0, 0.1) is 0 Å². The molecule has 0 saturated carbocycles. The summed E-state index contributed by atoms with van der Waals surface area (Å²) in [5.41, 5.74) is 1.01. The Hall–Kier alpha value is -1.34. The minimum atomic E-state index is 0.634. The third kappa shape index (κ3) is 1.93. The molecule has 0 saturated heterocycles. The number of imidazole rings is 1. The molecular weight excluding hydrogens is 316 g/mol. The molecule has 3 aromatic rings. The van der Waals surface area contributed by atoms with Gasteiger partial charge in [-0.05, 0) is 6.92 Å². The lowest BCUT2D eigenvalue weighted by Gasteiger charge is -2.00. The molecule has 0 fully saturated rings. The van der Waals surface area contributed by atoms with Crippen LogP contribution in [0.1, 0.15) is 12.6 Å². The summed E-state index contributed by atoms with van der Waals surface area (Å²) in [4.78, 5) is 5.40. The fourth-order valence-corrected chi connectivity index (χ4v) is 2.93. The third-order valence-electron chi connectivity index (χ3n) is 2.60. The average molecular weight is 327 g/mol. The molecule has 3 rings (SSSR count). The molecule has 0 unspecified atom stereocenters. The quantitative estimate of drug-likeness (QED) is 0.691. The number of aromatic nitrogens is 4. The molecule has 0 bridgehead atoms. The van der Waals surface area contributed by atoms with Gasteiger partial charge in [0, 0.05) is 23.5 Å². The van der Waals surface area contributed by atoms with Crippen molar-refractivity contribution in [2.24, 2.45) is 0 Å². The highest BCUT2D eigenvalue weighted by Crippen LogP contribution is 2.29. The molecule has 3 aromatic heterocycles. The second-order valence-corrected chi connectivity index (χ2v) is 5.12. The monoisotopic (exact) mass is 326 g/mol. The van der Waals surface area contributed by atoms with Crippen molar-refractivity contribution >= 4 is 32.2 Å². The van der Waals surface area contributed by atoms with Gasteiger partial charge in [-0.3, -0.25) is 9.08 Å². The largest absolute Gasteiger partial charge is 0.434 e. The van der Waals surface area contributed by atoms with Crippen molar-refractivity contribution in [1.29, 1.82) is 0 Å². The van der Waals surface area contributed by atoms with Crippen LogP contribution in [-0.4, -0.2) is 19.2 Å². The highest BCUT2D eigenvalue weighted by molar-refractivity contribution is 9.08. The summed E-state index contributed by atoms with van der Waals surface area (Å²) in [6.07, 6.45) is 5.56. The molecule has 0 atom stereocenters. The Kier molecular flexibility index (Phi) is 3.09. The van der Waals surface area contributed by atoms with E-state index in [-0.39, 0.29) is 0 Å². The zero-order valence-corrected chi connectivity index (χ0v) is 12.1. The number of aryl methyl sites for hydroxylation is 1. The van der Waals surface area contributed by atoms with E-state index in [0.717, 1.165) is 17.2 Å². The summed E-state index contributed by atoms with van der Waals surface area (Å²) in [6.45, 7) is 2.86. The van der Waals surface area contributed by atoms with Crippen LogP contribution in [-0.2, 0) is 11.9 Å². The van der Waals surface area contributed by atoms with Crippen molar-refractivity contribution < 1.29 is 4.74 Å². The number of halogens is 1. The molecule has 5 nitrogen and oxygen atoms in total. The lowest BCUT2D eigenvalue weighted by molar-refractivity contribution is 0.460. The average Bonchev–Trinajstić information content (AvgIpc) is 3.04. The molecule has 0 aliphatic heterocycles. The molecule has 0 aromatic carbocycles. The standard InChI is InChI=1S/C11H11BrN4OS/c1-2-15-7-8(6-13-15)17-10-9(5-12)16-3-4-18-11(16)14-10/h3-4,6-7H,2,5H2,1H3. The number of hydrogen-bond acceptors (Lipinski definition) is 4. The van der Waals surface area contributed by atoms with Gasteiger partial charge in [0.25, 0.3) is 0 Å². The Labute approximate surface area is 116 Å². The van der Waals surface area contributed by atoms with Crippen molar-refractivity contribution in [2.75, 3.05) is 0 Å². The van der Waals surface area contributed by atoms with E-state index in [1.807, 2.05) is 33.8 Å². The second kappa shape index (κ2) is 4.74. The summed E-state index contributed by atoms with van der Waals surface area (Å²) in [5.74, 6) is 1.35. The van der Waals surface area contributed by atoms with E-state index in [0.29, 0.717) is 17.0 Å². The molecule has 18 heavy (non-hydrogen) atoms. The van der Waals surface area contributed by atoms with Gasteiger partial charge in [0.1, 0.15) is 0 Å². The summed E-state index contributed by atoms with van der Waals surface area (Å²) >= 11 is 5.06. The lowest BCUT2D eigenvalue weighted by atomic mass is 10.5. The van der Waals surface area contributed by atoms with E-state index < -0.39 is 0 Å². The highest BCUT2D eigenvalue weighted by Gasteiger charge is 2.14. The van der Waals surface area contributed by atoms with Gasteiger partial charge in [0.15, 0.2) is 10.7 Å². The maximum atomic E-state index is 5.79. The van der Waals surface area contributed by atoms with Crippen LogP contribution >= 0.6 is 27.3 Å². The fraction of sp³-hybridized carbons (Fsp3) is 0.273. The van der Waals surface area contributed by atoms with E-state index in [1.165, 1.54) is 0 Å². The van der Waals surface area contributed by atoms with E-state index in [9.17, 15) is 0 Å². The number of thiazole rings is 1. The summed E-state index contributed by atoms with van der Waals surface area (Å²) in [7, 11) is 0. The van der Waals surface area contributed by atoms with Crippen molar-refractivity contribution in [3.8, 4) is 11.6 Å². The smallest absolute Gasteiger partial charge is 0.243 e. The Morgan fingerprint density at radius 2 is 2.39 bits per heavy atom. The fourth-order valence-electron chi connectivity index (χ4n) is 1.70. The first-order valence-corrected chi connectivity index (χ1v) is 7.52. The minimum Gasteiger partial charge on any atom is -0.434 e. The second-order valence-electron chi connectivity index (χ2n) is 3.69. The van der Waals surface area contributed by atoms with Gasteiger partial charge in [-0.2, -0.15) is 10.1 Å². The summed E-state index contributed by atoms with van der Waals surface area (Å²) < 4.78 is 9.64. The van der Waals surface area contributed by atoms with Crippen LogP contribution in [0.3, 0.4) is 0 Å². The molecular formula is C11H11BrN4OS. The van der Waals surface area contributed by atoms with Crippen molar-refractivity contribution in [2.45, 2.75) is 18.8 Å². The van der Waals surface area contributed by atoms with E-state index in [1.54, 1.807) is 17.5 Å². The van der Waals surface area contributed by atoms with Crippen LogP contribution in [0.5, 0.6) is 11.6 Å². The Bertz CT molecular complexity index is 671. The van der Waals surface area contributed by atoms with Gasteiger partial charge in [0.05, 0.1) is 18.1 Å². The summed E-state index contributed by atoms with van der Waals surface area (Å²) in [5, 5.41) is 6.88. The molecule has 3 heterocycles. The van der Waals surface area contributed by atoms with Crippen molar-refractivity contribution in [3.05, 3.63) is 29.7 Å². The minimum absolute atomic E-state index is 0.634. The number of nitrogens with zero attached hydrogens (tertiary/aromatic N) is 4. The first-order valence-electron chi connectivity index (χ1n) is 5.52. The molecule has 0 aliphatic rings. The zero-order chi connectivity index (χ0) is 12.5. The van der Waals surface area contributed by atoms with E-state index in [2.05, 4.69) is 26.0 Å². The predicted molar refractivity (Wildman–Crippen MR) is 73.7 cm³/mol. The maximum absolute atomic E-state index is 5.79. The van der Waals surface area contributed by atoms with Gasteiger partial charge in [-0.1, -0.05) is 15.9 Å². The maximum Gasteiger partial charge on any atom is 0.243 e. The van der Waals surface area contributed by atoms with Crippen molar-refractivity contribution in [3.63, 3.8) is 0 Å². The van der Waals surface area contributed by atoms with Gasteiger partial charge in [-0.25, -0.2) is 0 Å². The number of ether oxygens (including phenoxy) is 1. The summed E-state index contributed by atoms with van der Waals surface area (Å²) in [6, 6.07) is 0. The Morgan fingerprint density at radius 1 is 1.50 bits per heavy atom. The van der Waals surface area contributed by atoms with Crippen LogP contribution in [0.15, 0.2) is 24.0 Å². The number of fused-ring (bicyclic) bond motifs is 1.